The van der Waals surface area contributed by atoms with Crippen LogP contribution in [0.5, 0.6) is 0 Å². The fraction of sp³-hybridized carbons (Fsp3) is 1.00. The van der Waals surface area contributed by atoms with Crippen molar-refractivity contribution >= 4 is 0 Å². The van der Waals surface area contributed by atoms with Crippen molar-refractivity contribution in [1.82, 2.24) is 10.4 Å². The highest BCUT2D eigenvalue weighted by Gasteiger charge is 2.13. The van der Waals surface area contributed by atoms with Crippen LogP contribution < -0.4 is 5.43 Å². The SMILES string of the molecule is CN(C)NCCC1CCCC1. The summed E-state index contributed by atoms with van der Waals surface area (Å²) in [5.41, 5.74) is 3.31. The van der Waals surface area contributed by atoms with Crippen LogP contribution in [0.15, 0.2) is 0 Å². The van der Waals surface area contributed by atoms with Gasteiger partial charge in [-0.2, -0.15) is 0 Å². The highest BCUT2D eigenvalue weighted by Crippen LogP contribution is 2.26. The van der Waals surface area contributed by atoms with Gasteiger partial charge in [0.25, 0.3) is 0 Å². The van der Waals surface area contributed by atoms with Crippen molar-refractivity contribution in [3.8, 4) is 0 Å². The van der Waals surface area contributed by atoms with Crippen molar-refractivity contribution in [3.63, 3.8) is 0 Å². The lowest BCUT2D eigenvalue weighted by Crippen LogP contribution is -2.31. The Morgan fingerprint density at radius 2 is 1.91 bits per heavy atom. The topological polar surface area (TPSA) is 15.3 Å². The predicted molar refractivity (Wildman–Crippen MR) is 48.3 cm³/mol. The number of rotatable bonds is 4. The quantitative estimate of drug-likeness (QED) is 0.622. The van der Waals surface area contributed by atoms with E-state index in [1.54, 1.807) is 0 Å². The van der Waals surface area contributed by atoms with Gasteiger partial charge in [-0.15, -0.1) is 0 Å². The summed E-state index contributed by atoms with van der Waals surface area (Å²) in [6, 6.07) is 0. The molecule has 1 rings (SSSR count). The summed E-state index contributed by atoms with van der Waals surface area (Å²) in [7, 11) is 4.10. The molecule has 0 radical (unpaired) electrons. The molecule has 0 aliphatic heterocycles. The molecular formula is C9H20N2. The van der Waals surface area contributed by atoms with E-state index in [9.17, 15) is 0 Å². The molecule has 1 saturated carbocycles. The van der Waals surface area contributed by atoms with Crippen LogP contribution in [-0.2, 0) is 0 Å². The van der Waals surface area contributed by atoms with Crippen LogP contribution in [0.4, 0.5) is 0 Å². The van der Waals surface area contributed by atoms with Crippen LogP contribution >= 0.6 is 0 Å². The molecular weight excluding hydrogens is 136 g/mol. The molecule has 1 aliphatic rings. The second-order valence-corrected chi connectivity index (χ2v) is 3.74. The third-order valence-electron chi connectivity index (χ3n) is 2.46. The molecule has 0 spiro atoms. The van der Waals surface area contributed by atoms with Gasteiger partial charge in [0.05, 0.1) is 0 Å². The zero-order valence-electron chi connectivity index (χ0n) is 7.77. The molecule has 0 aromatic heterocycles. The normalized spacial score (nSPS) is 19.9. The van der Waals surface area contributed by atoms with Gasteiger partial charge < -0.3 is 0 Å². The van der Waals surface area contributed by atoms with Crippen molar-refractivity contribution in [2.45, 2.75) is 32.1 Å². The van der Waals surface area contributed by atoms with E-state index >= 15 is 0 Å². The number of nitrogens with zero attached hydrogens (tertiary/aromatic N) is 1. The van der Waals surface area contributed by atoms with E-state index in [0.29, 0.717) is 0 Å². The van der Waals surface area contributed by atoms with Crippen LogP contribution in [0.3, 0.4) is 0 Å². The molecule has 0 atom stereocenters. The average molecular weight is 156 g/mol. The molecule has 0 unspecified atom stereocenters. The van der Waals surface area contributed by atoms with Gasteiger partial charge in [-0.25, -0.2) is 0 Å². The van der Waals surface area contributed by atoms with Crippen molar-refractivity contribution in [2.75, 3.05) is 20.6 Å². The van der Waals surface area contributed by atoms with Crippen molar-refractivity contribution < 1.29 is 0 Å². The summed E-state index contributed by atoms with van der Waals surface area (Å²) in [5.74, 6) is 1.02. The third kappa shape index (κ3) is 3.73. The smallest absolute Gasteiger partial charge is 0.0105 e. The minimum atomic E-state index is 1.02. The first-order chi connectivity index (χ1) is 5.29. The summed E-state index contributed by atoms with van der Waals surface area (Å²) in [6.07, 6.45) is 7.22. The lowest BCUT2D eigenvalue weighted by molar-refractivity contribution is 0.275. The van der Waals surface area contributed by atoms with E-state index in [4.69, 9.17) is 0 Å². The molecule has 66 valence electrons. The molecule has 0 saturated heterocycles. The fourth-order valence-electron chi connectivity index (χ4n) is 1.79. The monoisotopic (exact) mass is 156 g/mol. The molecule has 2 heteroatoms. The van der Waals surface area contributed by atoms with E-state index in [1.165, 1.54) is 32.1 Å². The fourth-order valence-corrected chi connectivity index (χ4v) is 1.79. The summed E-state index contributed by atoms with van der Waals surface area (Å²) in [6.45, 7) is 1.15. The first kappa shape index (κ1) is 9.01. The Labute approximate surface area is 69.9 Å². The van der Waals surface area contributed by atoms with Gasteiger partial charge in [0.15, 0.2) is 0 Å². The first-order valence-electron chi connectivity index (χ1n) is 4.70. The number of hydrogen-bond acceptors (Lipinski definition) is 2. The Hall–Kier alpha value is -0.0800. The maximum absolute atomic E-state index is 3.31. The minimum absolute atomic E-state index is 1.02. The van der Waals surface area contributed by atoms with Gasteiger partial charge >= 0.3 is 0 Å². The van der Waals surface area contributed by atoms with Crippen molar-refractivity contribution in [2.24, 2.45) is 5.92 Å². The molecule has 0 heterocycles. The van der Waals surface area contributed by atoms with E-state index in [2.05, 4.69) is 19.5 Å². The first-order valence-corrected chi connectivity index (χ1v) is 4.70. The predicted octanol–water partition coefficient (Wildman–Crippen LogP) is 1.63. The van der Waals surface area contributed by atoms with E-state index in [0.717, 1.165) is 12.5 Å². The summed E-state index contributed by atoms with van der Waals surface area (Å²) in [5, 5.41) is 2.04. The Kier molecular flexibility index (Phi) is 3.87. The molecule has 0 bridgehead atoms. The van der Waals surface area contributed by atoms with Gasteiger partial charge in [-0.05, 0) is 12.3 Å². The van der Waals surface area contributed by atoms with E-state index in [1.807, 2.05) is 5.01 Å². The maximum Gasteiger partial charge on any atom is 0.0105 e. The lowest BCUT2D eigenvalue weighted by atomic mass is 10.1. The van der Waals surface area contributed by atoms with E-state index < -0.39 is 0 Å². The molecule has 1 aliphatic carbocycles. The minimum Gasteiger partial charge on any atom is -0.256 e. The van der Waals surface area contributed by atoms with Gasteiger partial charge in [-0.3, -0.25) is 10.4 Å². The second-order valence-electron chi connectivity index (χ2n) is 3.74. The average Bonchev–Trinajstić information content (AvgIpc) is 2.39. The van der Waals surface area contributed by atoms with Crippen molar-refractivity contribution in [1.29, 1.82) is 0 Å². The van der Waals surface area contributed by atoms with Gasteiger partial charge in [0.2, 0.25) is 0 Å². The number of nitrogens with one attached hydrogen (secondary N) is 1. The highest BCUT2D eigenvalue weighted by molar-refractivity contribution is 4.67. The number of hydrazine groups is 1. The molecule has 11 heavy (non-hydrogen) atoms. The maximum atomic E-state index is 3.31. The van der Waals surface area contributed by atoms with Crippen LogP contribution in [0.1, 0.15) is 32.1 Å². The van der Waals surface area contributed by atoms with Crippen LogP contribution in [0.2, 0.25) is 0 Å². The molecule has 2 nitrogen and oxygen atoms in total. The molecule has 0 aromatic carbocycles. The van der Waals surface area contributed by atoms with Gasteiger partial charge in [0, 0.05) is 20.6 Å². The van der Waals surface area contributed by atoms with Crippen molar-refractivity contribution in [3.05, 3.63) is 0 Å². The third-order valence-corrected chi connectivity index (χ3v) is 2.46. The Balaban J connectivity index is 1.94. The molecule has 1 fully saturated rings. The molecule has 0 amide bonds. The van der Waals surface area contributed by atoms with Gasteiger partial charge in [-0.1, -0.05) is 25.7 Å². The zero-order chi connectivity index (χ0) is 8.10. The Morgan fingerprint density at radius 3 is 2.45 bits per heavy atom. The van der Waals surface area contributed by atoms with E-state index in [-0.39, 0.29) is 0 Å². The van der Waals surface area contributed by atoms with Crippen LogP contribution in [0, 0.1) is 5.92 Å². The van der Waals surface area contributed by atoms with Gasteiger partial charge in [0.1, 0.15) is 0 Å². The summed E-state index contributed by atoms with van der Waals surface area (Å²) >= 11 is 0. The Morgan fingerprint density at radius 1 is 1.27 bits per heavy atom. The zero-order valence-corrected chi connectivity index (χ0v) is 7.77. The lowest BCUT2D eigenvalue weighted by Gasteiger charge is -2.14. The summed E-state index contributed by atoms with van der Waals surface area (Å²) < 4.78 is 0. The highest BCUT2D eigenvalue weighted by atomic mass is 15.5. The Bertz CT molecular complexity index is 95.7. The largest absolute Gasteiger partial charge is 0.256 e. The molecule has 1 N–H and O–H groups in total. The van der Waals surface area contributed by atoms with Crippen LogP contribution in [0.25, 0.3) is 0 Å². The molecule has 0 aromatic rings. The number of hydrogen-bond donors (Lipinski definition) is 1. The standard InChI is InChI=1S/C9H20N2/c1-11(2)10-8-7-9-5-3-4-6-9/h9-10H,3-8H2,1-2H3. The summed E-state index contributed by atoms with van der Waals surface area (Å²) in [4.78, 5) is 0. The van der Waals surface area contributed by atoms with Crippen LogP contribution in [-0.4, -0.2) is 25.6 Å². The second kappa shape index (κ2) is 4.73.